The number of rotatable bonds is 4. The number of nitrogens with one attached hydrogen (secondary N) is 1. The Kier molecular flexibility index (Phi) is 3.89. The Bertz CT molecular complexity index is 754. The predicted molar refractivity (Wildman–Crippen MR) is 92.9 cm³/mol. The standard InChI is InChI=1S/C20H21N3O/c1-13(23-20(24)19-9-14-2-3-17(19)8-14)15-4-6-16(7-5-15)18-10-21-12-22-11-18/h2-7,10-14,17,19H,8-9H2,1H3,(H,23,24)/t13-,14+,17+,19+/m1/s1. The number of amides is 1. The number of hydrogen-bond acceptors (Lipinski definition) is 3. The maximum Gasteiger partial charge on any atom is 0.224 e. The van der Waals surface area contributed by atoms with Crippen LogP contribution in [-0.4, -0.2) is 15.9 Å². The minimum atomic E-state index is 0.0154. The zero-order valence-electron chi connectivity index (χ0n) is 13.7. The van der Waals surface area contributed by atoms with Gasteiger partial charge in [-0.2, -0.15) is 0 Å². The van der Waals surface area contributed by atoms with Crippen LogP contribution in [0.4, 0.5) is 0 Å². The van der Waals surface area contributed by atoms with Crippen molar-refractivity contribution in [2.75, 3.05) is 0 Å². The molecule has 1 fully saturated rings. The van der Waals surface area contributed by atoms with E-state index in [1.54, 1.807) is 12.4 Å². The number of allylic oxidation sites excluding steroid dienone is 2. The third kappa shape index (κ3) is 2.84. The van der Waals surface area contributed by atoms with Gasteiger partial charge in [-0.3, -0.25) is 4.79 Å². The van der Waals surface area contributed by atoms with Crippen molar-refractivity contribution in [2.24, 2.45) is 17.8 Å². The summed E-state index contributed by atoms with van der Waals surface area (Å²) in [6.07, 6.45) is 11.8. The lowest BCUT2D eigenvalue weighted by atomic mass is 9.92. The van der Waals surface area contributed by atoms with Crippen LogP contribution in [0.2, 0.25) is 0 Å². The molecule has 2 bridgehead atoms. The van der Waals surface area contributed by atoms with E-state index >= 15 is 0 Å². The van der Waals surface area contributed by atoms with Crippen molar-refractivity contribution in [3.05, 3.63) is 60.7 Å². The Morgan fingerprint density at radius 2 is 1.83 bits per heavy atom. The van der Waals surface area contributed by atoms with Crippen LogP contribution in [0.1, 0.15) is 31.4 Å². The van der Waals surface area contributed by atoms with Crippen LogP contribution < -0.4 is 5.32 Å². The molecule has 4 heteroatoms. The summed E-state index contributed by atoms with van der Waals surface area (Å²) in [6.45, 7) is 2.04. The van der Waals surface area contributed by atoms with Gasteiger partial charge in [-0.1, -0.05) is 36.4 Å². The summed E-state index contributed by atoms with van der Waals surface area (Å²) in [5.74, 6) is 1.42. The van der Waals surface area contributed by atoms with Crippen LogP contribution in [0.3, 0.4) is 0 Å². The Hall–Kier alpha value is -2.49. The summed E-state index contributed by atoms with van der Waals surface area (Å²) in [5.41, 5.74) is 3.19. The van der Waals surface area contributed by atoms with Gasteiger partial charge in [0.05, 0.1) is 6.04 Å². The topological polar surface area (TPSA) is 54.9 Å². The highest BCUT2D eigenvalue weighted by atomic mass is 16.2. The predicted octanol–water partition coefficient (Wildman–Crippen LogP) is 3.53. The summed E-state index contributed by atoms with van der Waals surface area (Å²) in [5, 5.41) is 3.18. The number of nitrogens with zero attached hydrogens (tertiary/aromatic N) is 2. The maximum absolute atomic E-state index is 12.5. The van der Waals surface area contributed by atoms with Gasteiger partial charge >= 0.3 is 0 Å². The highest BCUT2D eigenvalue weighted by molar-refractivity contribution is 5.80. The Morgan fingerprint density at radius 1 is 1.08 bits per heavy atom. The van der Waals surface area contributed by atoms with Crippen molar-refractivity contribution in [3.63, 3.8) is 0 Å². The van der Waals surface area contributed by atoms with Gasteiger partial charge in [-0.25, -0.2) is 9.97 Å². The van der Waals surface area contributed by atoms with Gasteiger partial charge in [0.15, 0.2) is 0 Å². The zero-order valence-corrected chi connectivity index (χ0v) is 13.7. The molecule has 0 aliphatic heterocycles. The number of hydrogen-bond donors (Lipinski definition) is 1. The minimum absolute atomic E-state index is 0.0154. The molecule has 1 N–H and O–H groups in total. The second-order valence-electron chi connectivity index (χ2n) is 6.87. The molecule has 24 heavy (non-hydrogen) atoms. The monoisotopic (exact) mass is 319 g/mol. The Labute approximate surface area is 142 Å². The number of carbonyl (C=O) groups excluding carboxylic acids is 1. The lowest BCUT2D eigenvalue weighted by Crippen LogP contribution is -2.34. The highest BCUT2D eigenvalue weighted by Gasteiger charge is 2.39. The zero-order chi connectivity index (χ0) is 16.5. The number of fused-ring (bicyclic) bond motifs is 2. The van der Waals surface area contributed by atoms with E-state index in [4.69, 9.17) is 0 Å². The van der Waals surface area contributed by atoms with Gasteiger partial charge < -0.3 is 5.32 Å². The van der Waals surface area contributed by atoms with E-state index in [2.05, 4.69) is 51.7 Å². The molecule has 1 aromatic carbocycles. The summed E-state index contributed by atoms with van der Waals surface area (Å²) < 4.78 is 0. The molecule has 1 aromatic heterocycles. The largest absolute Gasteiger partial charge is 0.349 e. The smallest absolute Gasteiger partial charge is 0.224 e. The van der Waals surface area contributed by atoms with Gasteiger partial charge in [-0.05, 0) is 42.7 Å². The first-order chi connectivity index (χ1) is 11.7. The van der Waals surface area contributed by atoms with E-state index in [0.717, 1.165) is 29.5 Å². The lowest BCUT2D eigenvalue weighted by Gasteiger charge is -2.21. The Morgan fingerprint density at radius 3 is 2.46 bits per heavy atom. The maximum atomic E-state index is 12.5. The van der Waals surface area contributed by atoms with Crippen molar-refractivity contribution in [1.29, 1.82) is 0 Å². The molecule has 0 saturated heterocycles. The molecule has 4 nitrogen and oxygen atoms in total. The van der Waals surface area contributed by atoms with Crippen LogP contribution in [0, 0.1) is 17.8 Å². The first-order valence-electron chi connectivity index (χ1n) is 8.55. The summed E-state index contributed by atoms with van der Waals surface area (Å²) in [7, 11) is 0. The molecule has 122 valence electrons. The molecular formula is C20H21N3O. The van der Waals surface area contributed by atoms with Gasteiger partial charge in [-0.15, -0.1) is 0 Å². The first kappa shape index (κ1) is 15.1. The molecule has 1 saturated carbocycles. The normalized spacial score (nSPS) is 25.6. The van der Waals surface area contributed by atoms with Gasteiger partial charge in [0.2, 0.25) is 5.91 Å². The molecule has 2 aliphatic rings. The molecule has 0 radical (unpaired) electrons. The number of aromatic nitrogens is 2. The van der Waals surface area contributed by atoms with Gasteiger partial charge in [0.1, 0.15) is 6.33 Å². The Balaban J connectivity index is 1.42. The first-order valence-corrected chi connectivity index (χ1v) is 8.55. The summed E-state index contributed by atoms with van der Waals surface area (Å²) in [6, 6.07) is 8.25. The third-order valence-corrected chi connectivity index (χ3v) is 5.28. The molecule has 4 atom stereocenters. The number of benzene rings is 1. The molecule has 0 unspecified atom stereocenters. The SMILES string of the molecule is C[C@@H](NC(=O)[C@H]1C[C@H]2C=C[C@H]1C2)c1ccc(-c2cncnc2)cc1. The molecule has 0 spiro atoms. The molecule has 1 amide bonds. The molecule has 2 aromatic rings. The van der Waals surface area contributed by atoms with Crippen LogP contribution in [0.15, 0.2) is 55.1 Å². The van der Waals surface area contributed by atoms with Crippen molar-refractivity contribution >= 4 is 5.91 Å². The number of carbonyl (C=O) groups is 1. The summed E-state index contributed by atoms with van der Waals surface area (Å²) in [4.78, 5) is 20.6. The van der Waals surface area contributed by atoms with E-state index in [1.165, 1.54) is 6.33 Å². The van der Waals surface area contributed by atoms with E-state index in [1.807, 2.05) is 6.92 Å². The van der Waals surface area contributed by atoms with E-state index in [9.17, 15) is 4.79 Å². The van der Waals surface area contributed by atoms with Gasteiger partial charge in [0.25, 0.3) is 0 Å². The average Bonchev–Trinajstić information content (AvgIpc) is 3.26. The van der Waals surface area contributed by atoms with E-state index in [-0.39, 0.29) is 17.9 Å². The average molecular weight is 319 g/mol. The highest BCUT2D eigenvalue weighted by Crippen LogP contribution is 2.43. The van der Waals surface area contributed by atoms with Crippen molar-refractivity contribution in [3.8, 4) is 11.1 Å². The molecule has 1 heterocycles. The molecule has 2 aliphatic carbocycles. The van der Waals surface area contributed by atoms with Crippen LogP contribution in [-0.2, 0) is 4.79 Å². The fourth-order valence-corrected chi connectivity index (χ4v) is 3.90. The quantitative estimate of drug-likeness (QED) is 0.877. The molecule has 4 rings (SSSR count). The fourth-order valence-electron chi connectivity index (χ4n) is 3.90. The third-order valence-electron chi connectivity index (χ3n) is 5.28. The van der Waals surface area contributed by atoms with E-state index in [0.29, 0.717) is 11.8 Å². The van der Waals surface area contributed by atoms with Crippen LogP contribution in [0.25, 0.3) is 11.1 Å². The lowest BCUT2D eigenvalue weighted by molar-refractivity contribution is -0.126. The second-order valence-corrected chi connectivity index (χ2v) is 6.87. The summed E-state index contributed by atoms with van der Waals surface area (Å²) >= 11 is 0. The van der Waals surface area contributed by atoms with Crippen molar-refractivity contribution in [1.82, 2.24) is 15.3 Å². The van der Waals surface area contributed by atoms with Crippen LogP contribution >= 0.6 is 0 Å². The fraction of sp³-hybridized carbons (Fsp3) is 0.350. The minimum Gasteiger partial charge on any atom is -0.349 e. The van der Waals surface area contributed by atoms with Crippen molar-refractivity contribution in [2.45, 2.75) is 25.8 Å². The molecular weight excluding hydrogens is 298 g/mol. The van der Waals surface area contributed by atoms with Crippen molar-refractivity contribution < 1.29 is 4.79 Å². The second kappa shape index (κ2) is 6.19. The van der Waals surface area contributed by atoms with Gasteiger partial charge in [0, 0.05) is 23.9 Å². The van der Waals surface area contributed by atoms with E-state index < -0.39 is 0 Å². The van der Waals surface area contributed by atoms with Crippen LogP contribution in [0.5, 0.6) is 0 Å².